The minimum Gasteiger partial charge on any atom is -0.324 e. The first-order chi connectivity index (χ1) is 10.3. The van der Waals surface area contributed by atoms with Crippen LogP contribution in [0.5, 0.6) is 0 Å². The van der Waals surface area contributed by atoms with Gasteiger partial charge in [-0.15, -0.1) is 0 Å². The van der Waals surface area contributed by atoms with Crippen LogP contribution in [0.15, 0.2) is 53.5 Å². The Kier molecular flexibility index (Phi) is 3.64. The molecule has 0 atom stereocenters. The third kappa shape index (κ3) is 2.76. The second kappa shape index (κ2) is 5.75. The average Bonchev–Trinajstić information content (AvgIpc) is 2.51. The summed E-state index contributed by atoms with van der Waals surface area (Å²) in [5.74, 6) is 0.490. The van der Waals surface area contributed by atoms with Crippen molar-refractivity contribution in [2.45, 2.75) is 19.9 Å². The lowest BCUT2D eigenvalue weighted by Crippen LogP contribution is -2.20. The van der Waals surface area contributed by atoms with E-state index in [2.05, 4.69) is 15.3 Å². The van der Waals surface area contributed by atoms with Gasteiger partial charge >= 0.3 is 0 Å². The first-order valence-corrected chi connectivity index (χ1v) is 6.96. The van der Waals surface area contributed by atoms with Crippen molar-refractivity contribution < 1.29 is 0 Å². The maximum Gasteiger partial charge on any atom is 0.252 e. The molecule has 1 N–H and O–H groups in total. The van der Waals surface area contributed by atoms with Crippen molar-refractivity contribution in [3.63, 3.8) is 0 Å². The number of nitrogens with zero attached hydrogens (tertiary/aromatic N) is 3. The van der Waals surface area contributed by atoms with Crippen molar-refractivity contribution in [1.82, 2.24) is 14.5 Å². The van der Waals surface area contributed by atoms with E-state index in [1.807, 2.05) is 37.3 Å². The monoisotopic (exact) mass is 280 g/mol. The summed E-state index contributed by atoms with van der Waals surface area (Å²) in [4.78, 5) is 20.8. The van der Waals surface area contributed by atoms with E-state index < -0.39 is 0 Å². The number of para-hydroxylation sites is 1. The minimum atomic E-state index is -0.0336. The number of aromatic nitrogens is 3. The third-order valence-corrected chi connectivity index (χ3v) is 3.20. The van der Waals surface area contributed by atoms with Crippen molar-refractivity contribution in [2.24, 2.45) is 0 Å². The fourth-order valence-corrected chi connectivity index (χ4v) is 2.22. The smallest absolute Gasteiger partial charge is 0.252 e. The highest BCUT2D eigenvalue weighted by atomic mass is 16.1. The molecule has 3 aromatic rings. The Labute approximate surface area is 122 Å². The van der Waals surface area contributed by atoms with Gasteiger partial charge in [0.05, 0.1) is 0 Å². The first-order valence-electron chi connectivity index (χ1n) is 6.96. The zero-order valence-electron chi connectivity index (χ0n) is 11.8. The molecule has 0 saturated carbocycles. The van der Waals surface area contributed by atoms with Gasteiger partial charge in [-0.05, 0) is 24.6 Å². The van der Waals surface area contributed by atoms with Crippen LogP contribution in [0, 0.1) is 0 Å². The molecule has 2 aromatic heterocycles. The number of nitrogens with one attached hydrogen (secondary N) is 1. The molecule has 2 heterocycles. The number of aryl methyl sites for hydroxylation is 1. The van der Waals surface area contributed by atoms with Crippen LogP contribution in [0.3, 0.4) is 0 Å². The fourth-order valence-electron chi connectivity index (χ4n) is 2.22. The SMILES string of the molecule is CCCn1c(=O)ccc2cnc(Nc3ccccc3)nc21. The van der Waals surface area contributed by atoms with Gasteiger partial charge in [-0.1, -0.05) is 25.1 Å². The Morgan fingerprint density at radius 3 is 2.71 bits per heavy atom. The van der Waals surface area contributed by atoms with Crippen LogP contribution in [0.1, 0.15) is 13.3 Å². The van der Waals surface area contributed by atoms with E-state index in [-0.39, 0.29) is 5.56 Å². The Balaban J connectivity index is 2.06. The zero-order valence-corrected chi connectivity index (χ0v) is 11.8. The predicted molar refractivity (Wildman–Crippen MR) is 83.8 cm³/mol. The number of benzene rings is 1. The lowest BCUT2D eigenvalue weighted by molar-refractivity contribution is 0.671. The molecule has 5 heteroatoms. The van der Waals surface area contributed by atoms with E-state index >= 15 is 0 Å². The molecule has 0 radical (unpaired) electrons. The largest absolute Gasteiger partial charge is 0.324 e. The van der Waals surface area contributed by atoms with Crippen molar-refractivity contribution in [2.75, 3.05) is 5.32 Å². The number of fused-ring (bicyclic) bond motifs is 1. The third-order valence-electron chi connectivity index (χ3n) is 3.20. The molecule has 5 nitrogen and oxygen atoms in total. The molecule has 0 bridgehead atoms. The second-order valence-electron chi connectivity index (χ2n) is 4.79. The summed E-state index contributed by atoms with van der Waals surface area (Å²) in [6.07, 6.45) is 2.61. The zero-order chi connectivity index (χ0) is 14.7. The van der Waals surface area contributed by atoms with Crippen molar-refractivity contribution in [3.8, 4) is 0 Å². The van der Waals surface area contributed by atoms with Gasteiger partial charge in [-0.2, -0.15) is 4.98 Å². The summed E-state index contributed by atoms with van der Waals surface area (Å²) in [7, 11) is 0. The number of rotatable bonds is 4. The van der Waals surface area contributed by atoms with Crippen LogP contribution in [-0.2, 0) is 6.54 Å². The topological polar surface area (TPSA) is 59.8 Å². The fraction of sp³-hybridized carbons (Fsp3) is 0.188. The molecule has 21 heavy (non-hydrogen) atoms. The van der Waals surface area contributed by atoms with Crippen molar-refractivity contribution in [1.29, 1.82) is 0 Å². The van der Waals surface area contributed by atoms with E-state index in [4.69, 9.17) is 0 Å². The van der Waals surface area contributed by atoms with Gasteiger partial charge in [0.2, 0.25) is 5.95 Å². The molecule has 0 fully saturated rings. The number of hydrogen-bond acceptors (Lipinski definition) is 4. The maximum atomic E-state index is 12.0. The molecule has 0 spiro atoms. The Morgan fingerprint density at radius 2 is 1.95 bits per heavy atom. The van der Waals surface area contributed by atoms with Crippen LogP contribution >= 0.6 is 0 Å². The summed E-state index contributed by atoms with van der Waals surface area (Å²) in [6, 6.07) is 13.0. The average molecular weight is 280 g/mol. The lowest BCUT2D eigenvalue weighted by Gasteiger charge is -2.10. The van der Waals surface area contributed by atoms with Crippen LogP contribution in [0.4, 0.5) is 11.6 Å². The molecular weight excluding hydrogens is 264 g/mol. The second-order valence-corrected chi connectivity index (χ2v) is 4.79. The van der Waals surface area contributed by atoms with Gasteiger partial charge in [-0.25, -0.2) is 4.98 Å². The minimum absolute atomic E-state index is 0.0336. The standard InChI is InChI=1S/C16H16N4O/c1-2-10-20-14(21)9-8-12-11-17-16(19-15(12)20)18-13-6-4-3-5-7-13/h3-9,11H,2,10H2,1H3,(H,17,18,19). The van der Waals surface area contributed by atoms with Gasteiger partial charge in [0.1, 0.15) is 5.65 Å². The van der Waals surface area contributed by atoms with Crippen LogP contribution in [0.2, 0.25) is 0 Å². The van der Waals surface area contributed by atoms with Crippen LogP contribution in [0.25, 0.3) is 11.0 Å². The van der Waals surface area contributed by atoms with E-state index in [9.17, 15) is 4.79 Å². The first kappa shape index (κ1) is 13.3. The molecule has 0 aliphatic heterocycles. The summed E-state index contributed by atoms with van der Waals surface area (Å²) >= 11 is 0. The quantitative estimate of drug-likeness (QED) is 0.798. The van der Waals surface area contributed by atoms with Gasteiger partial charge in [0, 0.05) is 29.9 Å². The van der Waals surface area contributed by atoms with E-state index in [1.54, 1.807) is 22.9 Å². The molecule has 0 aliphatic carbocycles. The molecular formula is C16H16N4O. The molecule has 0 amide bonds. The highest BCUT2D eigenvalue weighted by Crippen LogP contribution is 2.15. The van der Waals surface area contributed by atoms with Gasteiger partial charge in [0.25, 0.3) is 5.56 Å². The maximum absolute atomic E-state index is 12.0. The Bertz CT molecular complexity index is 811. The molecule has 0 unspecified atom stereocenters. The highest BCUT2D eigenvalue weighted by molar-refractivity contribution is 5.75. The highest BCUT2D eigenvalue weighted by Gasteiger charge is 2.06. The van der Waals surface area contributed by atoms with E-state index in [0.717, 1.165) is 17.5 Å². The van der Waals surface area contributed by atoms with E-state index in [0.29, 0.717) is 18.1 Å². The summed E-state index contributed by atoms with van der Waals surface area (Å²) in [5.41, 5.74) is 1.55. The number of hydrogen-bond donors (Lipinski definition) is 1. The van der Waals surface area contributed by atoms with Gasteiger partial charge in [-0.3, -0.25) is 9.36 Å². The lowest BCUT2D eigenvalue weighted by atomic mass is 10.3. The van der Waals surface area contributed by atoms with Crippen LogP contribution in [-0.4, -0.2) is 14.5 Å². The van der Waals surface area contributed by atoms with Gasteiger partial charge < -0.3 is 5.32 Å². The Hall–Kier alpha value is -2.69. The summed E-state index contributed by atoms with van der Waals surface area (Å²) < 4.78 is 1.69. The molecule has 3 rings (SSSR count). The molecule has 0 saturated heterocycles. The molecule has 1 aromatic carbocycles. The Morgan fingerprint density at radius 1 is 1.14 bits per heavy atom. The number of anilines is 2. The van der Waals surface area contributed by atoms with Crippen molar-refractivity contribution >= 4 is 22.7 Å². The van der Waals surface area contributed by atoms with E-state index in [1.165, 1.54) is 0 Å². The summed E-state index contributed by atoms with van der Waals surface area (Å²) in [5, 5.41) is 4.01. The molecule has 106 valence electrons. The van der Waals surface area contributed by atoms with Crippen LogP contribution < -0.4 is 10.9 Å². The van der Waals surface area contributed by atoms with Crippen molar-refractivity contribution in [3.05, 3.63) is 59.0 Å². The predicted octanol–water partition coefficient (Wildman–Crippen LogP) is 2.95. The molecule has 0 aliphatic rings. The summed E-state index contributed by atoms with van der Waals surface area (Å²) in [6.45, 7) is 2.69. The number of pyridine rings is 1. The normalized spacial score (nSPS) is 10.7. The van der Waals surface area contributed by atoms with Gasteiger partial charge in [0.15, 0.2) is 0 Å².